The summed E-state index contributed by atoms with van der Waals surface area (Å²) in [5.74, 6) is -0.559. The zero-order valence-corrected chi connectivity index (χ0v) is 15.4. The Hall–Kier alpha value is -2.94. The summed E-state index contributed by atoms with van der Waals surface area (Å²) >= 11 is 0.947. The molecule has 1 heterocycles. The van der Waals surface area contributed by atoms with E-state index in [9.17, 15) is 23.2 Å². The average molecular weight is 406 g/mol. The highest BCUT2D eigenvalue weighted by atomic mass is 32.2. The van der Waals surface area contributed by atoms with Gasteiger partial charge < -0.3 is 10.1 Å². The van der Waals surface area contributed by atoms with Gasteiger partial charge in [-0.15, -0.1) is 0 Å². The number of benzene rings is 2. The number of thioether (sulfide) groups is 1. The third kappa shape index (κ3) is 4.86. The zero-order chi connectivity index (χ0) is 20.1. The third-order valence-corrected chi connectivity index (χ3v) is 4.86. The molecule has 1 fully saturated rings. The number of rotatable bonds is 7. The van der Waals surface area contributed by atoms with Gasteiger partial charge >= 0.3 is 6.61 Å². The van der Waals surface area contributed by atoms with Gasteiger partial charge in [0.15, 0.2) is 0 Å². The molecule has 0 aromatic heterocycles. The number of carbonyl (C=O) groups excluding carboxylic acids is 3. The van der Waals surface area contributed by atoms with Crippen molar-refractivity contribution in [3.8, 4) is 5.75 Å². The Kier molecular flexibility index (Phi) is 6.25. The maximum atomic E-state index is 12.5. The zero-order valence-electron chi connectivity index (χ0n) is 14.6. The van der Waals surface area contributed by atoms with Crippen molar-refractivity contribution in [3.63, 3.8) is 0 Å². The number of ether oxygens (including phenoxy) is 1. The molecule has 6 nitrogen and oxygen atoms in total. The van der Waals surface area contributed by atoms with Crippen molar-refractivity contribution in [1.29, 1.82) is 0 Å². The molecule has 1 aliphatic heterocycles. The fourth-order valence-corrected chi connectivity index (χ4v) is 3.39. The van der Waals surface area contributed by atoms with Crippen molar-refractivity contribution >= 4 is 28.8 Å². The smallest absolute Gasteiger partial charge is 0.387 e. The highest BCUT2D eigenvalue weighted by molar-refractivity contribution is 8.14. The van der Waals surface area contributed by atoms with Crippen LogP contribution in [0, 0.1) is 0 Å². The summed E-state index contributed by atoms with van der Waals surface area (Å²) in [6.45, 7) is -2.86. The van der Waals surface area contributed by atoms with E-state index >= 15 is 0 Å². The minimum Gasteiger partial charge on any atom is -0.434 e. The lowest BCUT2D eigenvalue weighted by atomic mass is 10.1. The molecule has 0 radical (unpaired) electrons. The van der Waals surface area contributed by atoms with Crippen molar-refractivity contribution in [3.05, 3.63) is 65.2 Å². The van der Waals surface area contributed by atoms with Crippen LogP contribution in [0.1, 0.15) is 21.5 Å². The quantitative estimate of drug-likeness (QED) is 0.763. The number of imide groups is 1. The molecule has 0 atom stereocenters. The molecule has 0 spiro atoms. The van der Waals surface area contributed by atoms with Crippen LogP contribution in [0.4, 0.5) is 13.6 Å². The Morgan fingerprint density at radius 2 is 1.96 bits per heavy atom. The lowest BCUT2D eigenvalue weighted by Crippen LogP contribution is -2.28. The number of alkyl halides is 2. The Morgan fingerprint density at radius 1 is 1.18 bits per heavy atom. The molecule has 1 aliphatic rings. The molecule has 9 heteroatoms. The van der Waals surface area contributed by atoms with Crippen molar-refractivity contribution in [2.45, 2.75) is 19.7 Å². The second-order valence-electron chi connectivity index (χ2n) is 5.90. The Bertz CT molecular complexity index is 891. The molecule has 1 N–H and O–H groups in total. The van der Waals surface area contributed by atoms with Crippen molar-refractivity contribution in [1.82, 2.24) is 10.2 Å². The van der Waals surface area contributed by atoms with Crippen LogP contribution in [0.15, 0.2) is 48.5 Å². The standard InChI is InChI=1S/C19H16F2N2O4S/c20-18(21)27-15-7-2-1-5-14(15)9-22-17(25)13-6-3-4-12(8-13)10-23-16(24)11-28-19(23)26/h1-8,18H,9-11H2,(H,22,25). The molecule has 28 heavy (non-hydrogen) atoms. The van der Waals surface area contributed by atoms with Crippen molar-refractivity contribution < 1.29 is 27.9 Å². The molecule has 3 amide bonds. The Morgan fingerprint density at radius 3 is 2.68 bits per heavy atom. The number of halogens is 2. The van der Waals surface area contributed by atoms with Gasteiger partial charge in [-0.3, -0.25) is 19.3 Å². The summed E-state index contributed by atoms with van der Waals surface area (Å²) in [6.07, 6.45) is 0. The van der Waals surface area contributed by atoms with Gasteiger partial charge in [0.05, 0.1) is 12.3 Å². The Balaban J connectivity index is 1.65. The number of amides is 3. The van der Waals surface area contributed by atoms with Crippen LogP contribution in [0.5, 0.6) is 5.75 Å². The fraction of sp³-hybridized carbons (Fsp3) is 0.211. The van der Waals surface area contributed by atoms with Crippen LogP contribution in [0.3, 0.4) is 0 Å². The summed E-state index contributed by atoms with van der Waals surface area (Å²) in [5.41, 5.74) is 1.38. The van der Waals surface area contributed by atoms with E-state index in [1.165, 1.54) is 6.07 Å². The molecular formula is C19H16F2N2O4S. The van der Waals surface area contributed by atoms with Gasteiger partial charge in [-0.1, -0.05) is 42.1 Å². The molecule has 0 bridgehead atoms. The Labute approximate surface area is 163 Å². The van der Waals surface area contributed by atoms with Crippen molar-refractivity contribution in [2.75, 3.05) is 5.75 Å². The van der Waals surface area contributed by atoms with E-state index in [0.717, 1.165) is 16.7 Å². The molecule has 2 aromatic rings. The summed E-state index contributed by atoms with van der Waals surface area (Å²) in [6, 6.07) is 12.7. The van der Waals surface area contributed by atoms with E-state index in [1.54, 1.807) is 42.5 Å². The number of hydrogen-bond donors (Lipinski definition) is 1. The molecule has 2 aromatic carbocycles. The summed E-state index contributed by atoms with van der Waals surface area (Å²) < 4.78 is 29.4. The number of hydrogen-bond acceptors (Lipinski definition) is 5. The normalized spacial score (nSPS) is 13.9. The predicted molar refractivity (Wildman–Crippen MR) is 99.1 cm³/mol. The molecule has 3 rings (SSSR count). The first kappa shape index (κ1) is 19.8. The highest BCUT2D eigenvalue weighted by Gasteiger charge is 2.29. The SMILES string of the molecule is O=C(NCc1ccccc1OC(F)F)c1cccc(CN2C(=O)CSC2=O)c1. The second-order valence-corrected chi connectivity index (χ2v) is 6.83. The maximum Gasteiger partial charge on any atom is 0.387 e. The molecule has 1 saturated heterocycles. The van der Waals surface area contributed by atoms with Gasteiger partial charge in [0.25, 0.3) is 11.1 Å². The lowest BCUT2D eigenvalue weighted by molar-refractivity contribution is -0.125. The van der Waals surface area contributed by atoms with Crippen LogP contribution in [0.25, 0.3) is 0 Å². The summed E-state index contributed by atoms with van der Waals surface area (Å²) in [4.78, 5) is 37.0. The number of nitrogens with one attached hydrogen (secondary N) is 1. The average Bonchev–Trinajstić information content (AvgIpc) is 2.99. The molecular weight excluding hydrogens is 390 g/mol. The van der Waals surface area contributed by atoms with Gasteiger partial charge in [0.1, 0.15) is 5.75 Å². The van der Waals surface area contributed by atoms with E-state index in [-0.39, 0.29) is 35.7 Å². The summed E-state index contributed by atoms with van der Waals surface area (Å²) in [7, 11) is 0. The van der Waals surface area contributed by atoms with Gasteiger partial charge in [0, 0.05) is 17.7 Å². The number of para-hydroxylation sites is 1. The molecule has 146 valence electrons. The van der Waals surface area contributed by atoms with E-state index < -0.39 is 12.5 Å². The van der Waals surface area contributed by atoms with Crippen molar-refractivity contribution in [2.24, 2.45) is 0 Å². The predicted octanol–water partition coefficient (Wildman–Crippen LogP) is 3.41. The minimum absolute atomic E-state index is 0.00453. The van der Waals surface area contributed by atoms with Gasteiger partial charge in [-0.25, -0.2) is 0 Å². The van der Waals surface area contributed by atoms with Gasteiger partial charge in [0.2, 0.25) is 5.91 Å². The second kappa shape index (κ2) is 8.83. The van der Waals surface area contributed by atoms with E-state index in [4.69, 9.17) is 0 Å². The number of nitrogens with zero attached hydrogens (tertiary/aromatic N) is 1. The summed E-state index contributed by atoms with van der Waals surface area (Å²) in [5, 5.41) is 2.34. The molecule has 0 unspecified atom stereocenters. The first-order valence-corrected chi connectivity index (χ1v) is 9.29. The first-order valence-electron chi connectivity index (χ1n) is 8.31. The third-order valence-electron chi connectivity index (χ3n) is 4.00. The monoisotopic (exact) mass is 406 g/mol. The van der Waals surface area contributed by atoms with E-state index in [0.29, 0.717) is 16.7 Å². The lowest BCUT2D eigenvalue weighted by Gasteiger charge is -2.14. The van der Waals surface area contributed by atoms with Crippen LogP contribution < -0.4 is 10.1 Å². The van der Waals surface area contributed by atoms with Gasteiger partial charge in [-0.05, 0) is 23.8 Å². The van der Waals surface area contributed by atoms with Crippen LogP contribution in [-0.2, 0) is 17.9 Å². The topological polar surface area (TPSA) is 75.7 Å². The number of carbonyl (C=O) groups is 3. The van der Waals surface area contributed by atoms with Crippen LogP contribution in [0.2, 0.25) is 0 Å². The maximum absolute atomic E-state index is 12.5. The van der Waals surface area contributed by atoms with E-state index in [1.807, 2.05) is 0 Å². The van der Waals surface area contributed by atoms with Gasteiger partial charge in [-0.2, -0.15) is 8.78 Å². The van der Waals surface area contributed by atoms with E-state index in [2.05, 4.69) is 10.1 Å². The molecule has 0 aliphatic carbocycles. The van der Waals surface area contributed by atoms with Crippen LogP contribution >= 0.6 is 11.8 Å². The fourth-order valence-electron chi connectivity index (χ4n) is 2.67. The minimum atomic E-state index is -2.96. The highest BCUT2D eigenvalue weighted by Crippen LogP contribution is 2.22. The molecule has 0 saturated carbocycles. The first-order chi connectivity index (χ1) is 13.4. The van der Waals surface area contributed by atoms with Crippen LogP contribution in [-0.4, -0.2) is 34.3 Å². The largest absolute Gasteiger partial charge is 0.434 e.